The van der Waals surface area contributed by atoms with Crippen LogP contribution in [0, 0.1) is 0 Å². The molecule has 4 heteroatoms. The summed E-state index contributed by atoms with van der Waals surface area (Å²) in [5.41, 5.74) is 6.72. The smallest absolute Gasteiger partial charge is 0.127 e. The highest BCUT2D eigenvalue weighted by Gasteiger charge is 2.10. The SMILES string of the molecule is CCCc1nc(Br)c(CCN)n1C. The largest absolute Gasteiger partial charge is 0.334 e. The van der Waals surface area contributed by atoms with Gasteiger partial charge in [0.25, 0.3) is 0 Å². The van der Waals surface area contributed by atoms with Crippen LogP contribution in [0.4, 0.5) is 0 Å². The molecule has 1 aromatic heterocycles. The van der Waals surface area contributed by atoms with E-state index in [0.717, 1.165) is 29.7 Å². The lowest BCUT2D eigenvalue weighted by molar-refractivity contribution is 0.722. The van der Waals surface area contributed by atoms with Crippen LogP contribution in [0.5, 0.6) is 0 Å². The van der Waals surface area contributed by atoms with Gasteiger partial charge in [0.15, 0.2) is 0 Å². The van der Waals surface area contributed by atoms with Crippen LogP contribution < -0.4 is 5.73 Å². The Morgan fingerprint density at radius 1 is 1.46 bits per heavy atom. The van der Waals surface area contributed by atoms with Crippen LogP contribution in [0.3, 0.4) is 0 Å². The molecule has 0 aliphatic heterocycles. The fourth-order valence-corrected chi connectivity index (χ4v) is 2.07. The van der Waals surface area contributed by atoms with Crippen LogP contribution in [-0.2, 0) is 19.9 Å². The van der Waals surface area contributed by atoms with Crippen molar-refractivity contribution in [2.24, 2.45) is 12.8 Å². The minimum atomic E-state index is 0.670. The Hall–Kier alpha value is -0.350. The van der Waals surface area contributed by atoms with E-state index in [2.05, 4.69) is 32.4 Å². The van der Waals surface area contributed by atoms with Gasteiger partial charge in [0.1, 0.15) is 10.4 Å². The zero-order valence-corrected chi connectivity index (χ0v) is 9.76. The van der Waals surface area contributed by atoms with Crippen molar-refractivity contribution in [3.05, 3.63) is 16.1 Å². The van der Waals surface area contributed by atoms with Crippen molar-refractivity contribution in [1.29, 1.82) is 0 Å². The molecule has 1 heterocycles. The van der Waals surface area contributed by atoms with Gasteiger partial charge in [-0.25, -0.2) is 4.98 Å². The van der Waals surface area contributed by atoms with Crippen LogP contribution in [0.2, 0.25) is 0 Å². The molecule has 1 rings (SSSR count). The number of aromatic nitrogens is 2. The Balaban J connectivity index is 2.92. The molecule has 0 fully saturated rings. The summed E-state index contributed by atoms with van der Waals surface area (Å²) in [5.74, 6) is 1.14. The molecule has 0 atom stereocenters. The Kier molecular flexibility index (Phi) is 3.93. The first-order chi connectivity index (χ1) is 6.20. The van der Waals surface area contributed by atoms with Crippen molar-refractivity contribution >= 4 is 15.9 Å². The molecule has 13 heavy (non-hydrogen) atoms. The highest BCUT2D eigenvalue weighted by atomic mass is 79.9. The quantitative estimate of drug-likeness (QED) is 0.877. The number of nitrogens with zero attached hydrogens (tertiary/aromatic N) is 2. The first kappa shape index (κ1) is 10.7. The topological polar surface area (TPSA) is 43.8 Å². The third kappa shape index (κ3) is 2.31. The van der Waals surface area contributed by atoms with Crippen molar-refractivity contribution in [3.63, 3.8) is 0 Å². The van der Waals surface area contributed by atoms with Gasteiger partial charge < -0.3 is 10.3 Å². The van der Waals surface area contributed by atoms with E-state index >= 15 is 0 Å². The monoisotopic (exact) mass is 245 g/mol. The molecule has 1 aromatic rings. The molecule has 0 aliphatic carbocycles. The predicted molar refractivity (Wildman–Crippen MR) is 57.7 cm³/mol. The maximum absolute atomic E-state index is 5.52. The van der Waals surface area contributed by atoms with Crippen molar-refractivity contribution in [1.82, 2.24) is 9.55 Å². The fraction of sp³-hybridized carbons (Fsp3) is 0.667. The molecule has 74 valence electrons. The van der Waals surface area contributed by atoms with Crippen LogP contribution in [0.1, 0.15) is 24.9 Å². The summed E-state index contributed by atoms with van der Waals surface area (Å²) in [6.07, 6.45) is 3.03. The molecule has 0 saturated carbocycles. The van der Waals surface area contributed by atoms with Crippen molar-refractivity contribution in [2.75, 3.05) is 6.54 Å². The molecule has 0 aliphatic rings. The average molecular weight is 246 g/mol. The number of hydrogen-bond acceptors (Lipinski definition) is 2. The van der Waals surface area contributed by atoms with Crippen LogP contribution in [-0.4, -0.2) is 16.1 Å². The molecule has 0 bridgehead atoms. The first-order valence-corrected chi connectivity index (χ1v) is 5.40. The first-order valence-electron chi connectivity index (χ1n) is 4.60. The summed E-state index contributed by atoms with van der Waals surface area (Å²) in [4.78, 5) is 4.44. The molecule has 3 nitrogen and oxygen atoms in total. The molecule has 0 spiro atoms. The molecule has 2 N–H and O–H groups in total. The molecule has 0 amide bonds. The van der Waals surface area contributed by atoms with Gasteiger partial charge >= 0.3 is 0 Å². The van der Waals surface area contributed by atoms with Crippen molar-refractivity contribution in [2.45, 2.75) is 26.2 Å². The van der Waals surface area contributed by atoms with E-state index in [9.17, 15) is 0 Å². The van der Waals surface area contributed by atoms with E-state index in [1.165, 1.54) is 5.69 Å². The number of nitrogens with two attached hydrogens (primary N) is 1. The van der Waals surface area contributed by atoms with E-state index in [1.54, 1.807) is 0 Å². The minimum Gasteiger partial charge on any atom is -0.334 e. The third-order valence-corrected chi connectivity index (χ3v) is 2.75. The molecule has 0 unspecified atom stereocenters. The predicted octanol–water partition coefficient (Wildman–Crippen LogP) is 1.64. The van der Waals surface area contributed by atoms with Gasteiger partial charge in [0.05, 0.1) is 5.69 Å². The lowest BCUT2D eigenvalue weighted by atomic mass is 10.3. The van der Waals surface area contributed by atoms with E-state index in [4.69, 9.17) is 5.73 Å². The van der Waals surface area contributed by atoms with Crippen LogP contribution in [0.15, 0.2) is 4.60 Å². The van der Waals surface area contributed by atoms with Gasteiger partial charge in [-0.2, -0.15) is 0 Å². The number of imidazole rings is 1. The standard InChI is InChI=1S/C9H16BrN3/c1-3-4-8-12-9(10)7(5-6-11)13(8)2/h3-6,11H2,1-2H3. The zero-order chi connectivity index (χ0) is 9.84. The second kappa shape index (κ2) is 4.77. The molecule has 0 saturated heterocycles. The second-order valence-electron chi connectivity index (χ2n) is 3.11. The van der Waals surface area contributed by atoms with Gasteiger partial charge in [-0.1, -0.05) is 6.92 Å². The summed E-state index contributed by atoms with van der Waals surface area (Å²) < 4.78 is 3.09. The molecule has 0 aromatic carbocycles. The maximum atomic E-state index is 5.52. The van der Waals surface area contributed by atoms with Crippen LogP contribution >= 0.6 is 15.9 Å². The van der Waals surface area contributed by atoms with Crippen molar-refractivity contribution < 1.29 is 0 Å². The normalized spacial score (nSPS) is 10.8. The van der Waals surface area contributed by atoms with Crippen LogP contribution in [0.25, 0.3) is 0 Å². The number of aryl methyl sites for hydroxylation is 1. The minimum absolute atomic E-state index is 0.670. The summed E-state index contributed by atoms with van der Waals surface area (Å²) in [6.45, 7) is 2.83. The Bertz CT molecular complexity index is 281. The number of halogens is 1. The fourth-order valence-electron chi connectivity index (χ4n) is 1.40. The second-order valence-corrected chi connectivity index (χ2v) is 3.86. The summed E-state index contributed by atoms with van der Waals surface area (Å²) in [5, 5.41) is 0. The highest BCUT2D eigenvalue weighted by Crippen LogP contribution is 2.17. The summed E-state index contributed by atoms with van der Waals surface area (Å²) >= 11 is 3.45. The van der Waals surface area contributed by atoms with Gasteiger partial charge in [-0.15, -0.1) is 0 Å². The Morgan fingerprint density at radius 3 is 2.69 bits per heavy atom. The molecular weight excluding hydrogens is 230 g/mol. The maximum Gasteiger partial charge on any atom is 0.127 e. The van der Waals surface area contributed by atoms with E-state index in [0.29, 0.717) is 6.54 Å². The number of rotatable bonds is 4. The van der Waals surface area contributed by atoms with E-state index < -0.39 is 0 Å². The Morgan fingerprint density at radius 2 is 2.15 bits per heavy atom. The van der Waals surface area contributed by atoms with E-state index in [1.807, 2.05) is 7.05 Å². The van der Waals surface area contributed by atoms with Gasteiger partial charge in [0, 0.05) is 19.9 Å². The third-order valence-electron chi connectivity index (χ3n) is 2.11. The molecule has 0 radical (unpaired) electrons. The van der Waals surface area contributed by atoms with E-state index in [-0.39, 0.29) is 0 Å². The summed E-state index contributed by atoms with van der Waals surface area (Å²) in [7, 11) is 2.05. The zero-order valence-electron chi connectivity index (χ0n) is 8.18. The molecular formula is C9H16BrN3. The van der Waals surface area contributed by atoms with Gasteiger partial charge in [0.2, 0.25) is 0 Å². The highest BCUT2D eigenvalue weighted by molar-refractivity contribution is 9.10. The Labute approximate surface area is 87.5 Å². The van der Waals surface area contributed by atoms with Gasteiger partial charge in [-0.3, -0.25) is 0 Å². The lowest BCUT2D eigenvalue weighted by Crippen LogP contribution is -2.08. The average Bonchev–Trinajstić information content (AvgIpc) is 2.34. The van der Waals surface area contributed by atoms with Crippen molar-refractivity contribution in [3.8, 4) is 0 Å². The number of hydrogen-bond donors (Lipinski definition) is 1. The van der Waals surface area contributed by atoms with Gasteiger partial charge in [-0.05, 0) is 28.9 Å². The summed E-state index contributed by atoms with van der Waals surface area (Å²) in [6, 6.07) is 0. The lowest BCUT2D eigenvalue weighted by Gasteiger charge is -2.03.